The summed E-state index contributed by atoms with van der Waals surface area (Å²) < 4.78 is 14.3. The number of aryl methyl sites for hydroxylation is 2. The lowest BCUT2D eigenvalue weighted by molar-refractivity contribution is 0.0434. The number of aliphatic hydroxyl groups excluding tert-OH is 1. The average molecular weight is 478 g/mol. The predicted octanol–water partition coefficient (Wildman–Crippen LogP) is 5.81. The molecule has 2 atom stereocenters. The molecule has 35 heavy (non-hydrogen) atoms. The number of aromatic nitrogens is 2. The van der Waals surface area contributed by atoms with Gasteiger partial charge in [0.15, 0.2) is 0 Å². The van der Waals surface area contributed by atoms with Crippen LogP contribution in [0.25, 0.3) is 5.69 Å². The molecule has 1 aliphatic heterocycles. The minimum Gasteiger partial charge on any atom is -0.439 e. The third-order valence-corrected chi connectivity index (χ3v) is 6.60. The van der Waals surface area contributed by atoms with Crippen LogP contribution < -0.4 is 4.74 Å². The van der Waals surface area contributed by atoms with Crippen LogP contribution in [0.5, 0.6) is 11.6 Å². The van der Waals surface area contributed by atoms with E-state index < -0.39 is 0 Å². The molecule has 1 aliphatic rings. The third kappa shape index (κ3) is 6.94. The molecule has 1 aromatic heterocycles. The molecule has 1 saturated heterocycles. The Kier molecular flexibility index (Phi) is 8.96. The second kappa shape index (κ2) is 12.3. The molecule has 2 aromatic carbocycles. The van der Waals surface area contributed by atoms with Crippen LogP contribution in [-0.2, 0) is 11.3 Å². The van der Waals surface area contributed by atoms with Crippen LogP contribution in [0, 0.1) is 13.8 Å². The molecule has 0 amide bonds. The van der Waals surface area contributed by atoms with Crippen molar-refractivity contribution in [1.82, 2.24) is 14.7 Å². The highest BCUT2D eigenvalue weighted by atomic mass is 16.5. The third-order valence-electron chi connectivity index (χ3n) is 6.60. The van der Waals surface area contributed by atoms with E-state index in [2.05, 4.69) is 30.9 Å². The van der Waals surface area contributed by atoms with E-state index in [0.29, 0.717) is 13.1 Å². The van der Waals surface area contributed by atoms with Crippen LogP contribution in [0.3, 0.4) is 0 Å². The van der Waals surface area contributed by atoms with E-state index in [9.17, 15) is 5.11 Å². The van der Waals surface area contributed by atoms with E-state index >= 15 is 0 Å². The molecule has 1 fully saturated rings. The van der Waals surface area contributed by atoms with Crippen molar-refractivity contribution < 1.29 is 14.6 Å². The summed E-state index contributed by atoms with van der Waals surface area (Å²) in [7, 11) is 0. The lowest BCUT2D eigenvalue weighted by Gasteiger charge is -2.27. The first-order valence-corrected chi connectivity index (χ1v) is 12.9. The Balaban J connectivity index is 1.65. The van der Waals surface area contributed by atoms with Gasteiger partial charge in [0.2, 0.25) is 5.88 Å². The molecule has 0 aliphatic carbocycles. The average Bonchev–Trinajstić information content (AvgIpc) is 3.48. The van der Waals surface area contributed by atoms with E-state index in [4.69, 9.17) is 14.6 Å². The number of hydrogen-bond donors (Lipinski definition) is 1. The molecule has 0 bridgehead atoms. The van der Waals surface area contributed by atoms with E-state index in [1.165, 1.54) is 5.56 Å². The predicted molar refractivity (Wildman–Crippen MR) is 139 cm³/mol. The highest BCUT2D eigenvalue weighted by Crippen LogP contribution is 2.32. The Morgan fingerprint density at radius 1 is 1.14 bits per heavy atom. The number of hydrogen-bond acceptors (Lipinski definition) is 5. The molecule has 2 unspecified atom stereocenters. The second-order valence-corrected chi connectivity index (χ2v) is 9.66. The summed E-state index contributed by atoms with van der Waals surface area (Å²) >= 11 is 0. The first-order chi connectivity index (χ1) is 17.0. The maximum absolute atomic E-state index is 10.8. The first-order valence-electron chi connectivity index (χ1n) is 12.9. The Bertz CT molecular complexity index is 1040. The minimum absolute atomic E-state index is 0.208. The first kappa shape index (κ1) is 25.4. The Hall–Kier alpha value is -2.67. The van der Waals surface area contributed by atoms with E-state index in [-0.39, 0.29) is 12.2 Å². The zero-order valence-electron chi connectivity index (χ0n) is 21.3. The monoisotopic (exact) mass is 477 g/mol. The van der Waals surface area contributed by atoms with Gasteiger partial charge in [0, 0.05) is 26.2 Å². The minimum atomic E-state index is -0.359. The number of aliphatic hydroxyl groups is 1. The van der Waals surface area contributed by atoms with Gasteiger partial charge in [0.25, 0.3) is 0 Å². The molecule has 1 N–H and O–H groups in total. The number of unbranched alkanes of at least 4 members (excludes halogenated alkanes) is 1. The van der Waals surface area contributed by atoms with Crippen molar-refractivity contribution in [2.24, 2.45) is 0 Å². The molecule has 0 spiro atoms. The van der Waals surface area contributed by atoms with Gasteiger partial charge in [-0.25, -0.2) is 4.68 Å². The topological polar surface area (TPSA) is 59.8 Å². The van der Waals surface area contributed by atoms with Crippen molar-refractivity contribution in [3.05, 3.63) is 71.4 Å². The number of ether oxygens (including phenoxy) is 2. The van der Waals surface area contributed by atoms with Crippen LogP contribution in [-0.4, -0.2) is 51.7 Å². The zero-order chi connectivity index (χ0) is 24.6. The molecule has 0 radical (unpaired) electrons. The van der Waals surface area contributed by atoms with E-state index in [1.807, 2.05) is 54.1 Å². The van der Waals surface area contributed by atoms with Crippen molar-refractivity contribution >= 4 is 0 Å². The SMILES string of the molecule is CCCCC(O)CN(Cc1c(C)nn(-c2ccccc2)c1Oc1ccc(C)cc1)CC1CCCO1. The number of para-hydroxylation sites is 1. The fourth-order valence-electron chi connectivity index (χ4n) is 4.62. The van der Waals surface area contributed by atoms with Crippen molar-refractivity contribution in [2.45, 2.75) is 71.6 Å². The lowest BCUT2D eigenvalue weighted by Crippen LogP contribution is -2.37. The fraction of sp³-hybridized carbons (Fsp3) is 0.483. The summed E-state index contributed by atoms with van der Waals surface area (Å²) in [6, 6.07) is 18.2. The van der Waals surface area contributed by atoms with Crippen LogP contribution in [0.2, 0.25) is 0 Å². The number of benzene rings is 2. The van der Waals surface area contributed by atoms with Crippen molar-refractivity contribution in [1.29, 1.82) is 0 Å². The molecule has 4 rings (SSSR count). The normalized spacial score (nSPS) is 16.7. The van der Waals surface area contributed by atoms with Gasteiger partial charge in [0.1, 0.15) is 5.75 Å². The zero-order valence-corrected chi connectivity index (χ0v) is 21.3. The van der Waals surface area contributed by atoms with Gasteiger partial charge < -0.3 is 14.6 Å². The van der Waals surface area contributed by atoms with Gasteiger partial charge in [-0.15, -0.1) is 0 Å². The Morgan fingerprint density at radius 2 is 1.91 bits per heavy atom. The lowest BCUT2D eigenvalue weighted by atomic mass is 10.1. The highest BCUT2D eigenvalue weighted by Gasteiger charge is 2.25. The van der Waals surface area contributed by atoms with E-state index in [0.717, 1.165) is 73.8 Å². The molecule has 188 valence electrons. The molecule has 6 nitrogen and oxygen atoms in total. The molecule has 3 aromatic rings. The van der Waals surface area contributed by atoms with Crippen LogP contribution in [0.15, 0.2) is 54.6 Å². The summed E-state index contributed by atoms with van der Waals surface area (Å²) in [4.78, 5) is 2.32. The van der Waals surface area contributed by atoms with Gasteiger partial charge >= 0.3 is 0 Å². The van der Waals surface area contributed by atoms with Crippen molar-refractivity contribution in [3.63, 3.8) is 0 Å². The summed E-state index contributed by atoms with van der Waals surface area (Å²) in [6.07, 6.45) is 4.94. The van der Waals surface area contributed by atoms with Crippen molar-refractivity contribution in [2.75, 3.05) is 19.7 Å². The summed E-state index contributed by atoms with van der Waals surface area (Å²) in [6.45, 7) is 9.14. The maximum atomic E-state index is 10.8. The smallest absolute Gasteiger partial charge is 0.227 e. The number of nitrogens with zero attached hydrogens (tertiary/aromatic N) is 3. The largest absolute Gasteiger partial charge is 0.439 e. The molecular formula is C29H39N3O3. The van der Waals surface area contributed by atoms with Crippen LogP contribution in [0.1, 0.15) is 55.8 Å². The maximum Gasteiger partial charge on any atom is 0.227 e. The van der Waals surface area contributed by atoms with Crippen LogP contribution in [0.4, 0.5) is 0 Å². The van der Waals surface area contributed by atoms with Gasteiger partial charge in [0.05, 0.1) is 29.2 Å². The van der Waals surface area contributed by atoms with Gasteiger partial charge in [-0.05, 0) is 57.4 Å². The molecular weight excluding hydrogens is 438 g/mol. The Morgan fingerprint density at radius 3 is 2.60 bits per heavy atom. The molecule has 6 heteroatoms. The summed E-state index contributed by atoms with van der Waals surface area (Å²) in [5.74, 6) is 1.50. The summed E-state index contributed by atoms with van der Waals surface area (Å²) in [5.41, 5.74) is 4.11. The molecule has 2 heterocycles. The Labute approximate surface area is 209 Å². The van der Waals surface area contributed by atoms with Crippen molar-refractivity contribution in [3.8, 4) is 17.3 Å². The summed E-state index contributed by atoms with van der Waals surface area (Å²) in [5, 5.41) is 15.6. The second-order valence-electron chi connectivity index (χ2n) is 9.66. The fourth-order valence-corrected chi connectivity index (χ4v) is 4.62. The highest BCUT2D eigenvalue weighted by molar-refractivity contribution is 5.43. The number of rotatable bonds is 12. The molecule has 0 saturated carbocycles. The van der Waals surface area contributed by atoms with E-state index in [1.54, 1.807) is 0 Å². The van der Waals surface area contributed by atoms with Gasteiger partial charge in [-0.2, -0.15) is 5.10 Å². The van der Waals surface area contributed by atoms with Crippen LogP contribution >= 0.6 is 0 Å². The quantitative estimate of drug-likeness (QED) is 0.357. The van der Waals surface area contributed by atoms with Gasteiger partial charge in [-0.3, -0.25) is 4.90 Å². The standard InChI is InChI=1S/C29H39N3O3/c1-4-5-12-25(33)19-31(20-27-13-9-18-34-27)21-28-23(3)30-32(24-10-7-6-8-11-24)29(28)35-26-16-14-22(2)15-17-26/h6-8,10-11,14-17,25,27,33H,4-5,9,12-13,18-21H2,1-3H3. The van der Waals surface area contributed by atoms with Gasteiger partial charge in [-0.1, -0.05) is 55.7 Å².